The summed E-state index contributed by atoms with van der Waals surface area (Å²) in [6.07, 6.45) is 4.55. The Morgan fingerprint density at radius 1 is 1.22 bits per heavy atom. The molecule has 1 aliphatic rings. The predicted molar refractivity (Wildman–Crippen MR) is 101 cm³/mol. The molecular weight excluding hydrogens is 364 g/mol. The number of nitrogens with zero attached hydrogens (tertiary/aromatic N) is 4. The first-order valence-corrected chi connectivity index (χ1v) is 9.68. The van der Waals surface area contributed by atoms with Gasteiger partial charge in [-0.3, -0.25) is 14.0 Å². The SMILES string of the molecule is O=C(c1cnc2sccn2c1=O)N1CCC(c2nc3ccccc3o2)CC1. The fraction of sp³-hybridized carbons (Fsp3) is 0.263. The maximum absolute atomic E-state index is 12.8. The molecule has 4 aromatic rings. The molecule has 0 aliphatic carbocycles. The van der Waals surface area contributed by atoms with Gasteiger partial charge in [0.2, 0.25) is 0 Å². The van der Waals surface area contributed by atoms with Crippen molar-refractivity contribution in [3.8, 4) is 0 Å². The Balaban J connectivity index is 1.34. The van der Waals surface area contributed by atoms with Crippen LogP contribution in [0.5, 0.6) is 0 Å². The summed E-state index contributed by atoms with van der Waals surface area (Å²) in [6, 6.07) is 7.70. The molecule has 1 aromatic carbocycles. The normalized spacial score (nSPS) is 15.6. The lowest BCUT2D eigenvalue weighted by molar-refractivity contribution is 0.0704. The number of piperidine rings is 1. The first-order valence-electron chi connectivity index (χ1n) is 8.80. The van der Waals surface area contributed by atoms with Gasteiger partial charge in [-0.1, -0.05) is 12.1 Å². The van der Waals surface area contributed by atoms with E-state index in [1.54, 1.807) is 16.5 Å². The first-order chi connectivity index (χ1) is 13.2. The molecule has 0 bridgehead atoms. The van der Waals surface area contributed by atoms with Gasteiger partial charge in [-0.15, -0.1) is 11.3 Å². The maximum Gasteiger partial charge on any atom is 0.271 e. The zero-order valence-corrected chi connectivity index (χ0v) is 15.2. The number of aromatic nitrogens is 3. The van der Waals surface area contributed by atoms with Crippen LogP contribution in [0.25, 0.3) is 16.1 Å². The van der Waals surface area contributed by atoms with Crippen LogP contribution in [0, 0.1) is 0 Å². The zero-order valence-electron chi connectivity index (χ0n) is 14.4. The first kappa shape index (κ1) is 16.2. The summed E-state index contributed by atoms with van der Waals surface area (Å²) in [6.45, 7) is 1.13. The summed E-state index contributed by atoms with van der Waals surface area (Å²) in [5.41, 5.74) is 1.45. The summed E-state index contributed by atoms with van der Waals surface area (Å²) in [5.74, 6) is 0.647. The van der Waals surface area contributed by atoms with Crippen LogP contribution < -0.4 is 5.56 Å². The highest BCUT2D eigenvalue weighted by Gasteiger charge is 2.29. The molecule has 8 heteroatoms. The molecule has 5 rings (SSSR count). The third kappa shape index (κ3) is 2.73. The van der Waals surface area contributed by atoms with Crippen molar-refractivity contribution in [3.05, 3.63) is 63.8 Å². The van der Waals surface area contributed by atoms with Crippen LogP contribution in [-0.2, 0) is 0 Å². The number of carbonyl (C=O) groups is 1. The van der Waals surface area contributed by atoms with Gasteiger partial charge in [0.15, 0.2) is 16.4 Å². The summed E-state index contributed by atoms with van der Waals surface area (Å²) in [4.78, 5) is 36.4. The smallest absolute Gasteiger partial charge is 0.271 e. The lowest BCUT2D eigenvalue weighted by atomic mass is 9.96. The number of fused-ring (bicyclic) bond motifs is 2. The monoisotopic (exact) mass is 380 g/mol. The third-order valence-corrected chi connectivity index (χ3v) is 5.79. The molecule has 27 heavy (non-hydrogen) atoms. The Labute approximate surface area is 157 Å². The minimum Gasteiger partial charge on any atom is -0.440 e. The number of benzene rings is 1. The van der Waals surface area contributed by atoms with E-state index in [0.717, 1.165) is 29.8 Å². The maximum atomic E-state index is 12.8. The number of amides is 1. The van der Waals surface area contributed by atoms with E-state index < -0.39 is 0 Å². The van der Waals surface area contributed by atoms with Gasteiger partial charge in [0.1, 0.15) is 11.1 Å². The molecule has 0 unspecified atom stereocenters. The average molecular weight is 380 g/mol. The van der Waals surface area contributed by atoms with Gasteiger partial charge in [-0.05, 0) is 25.0 Å². The summed E-state index contributed by atoms with van der Waals surface area (Å²) in [7, 11) is 0. The molecule has 7 nitrogen and oxygen atoms in total. The van der Waals surface area contributed by atoms with Crippen LogP contribution in [0.1, 0.15) is 35.0 Å². The topological polar surface area (TPSA) is 80.7 Å². The molecule has 1 aliphatic heterocycles. The van der Waals surface area contributed by atoms with Gasteiger partial charge >= 0.3 is 0 Å². The Morgan fingerprint density at radius 3 is 2.85 bits per heavy atom. The van der Waals surface area contributed by atoms with E-state index in [9.17, 15) is 9.59 Å². The highest BCUT2D eigenvalue weighted by Crippen LogP contribution is 2.30. The van der Waals surface area contributed by atoms with Gasteiger partial charge in [0.05, 0.1) is 0 Å². The molecule has 0 spiro atoms. The standard InChI is InChI=1S/C19H16N4O3S/c24-17(13-11-20-19-23(18(13)25)9-10-27-19)22-7-5-12(6-8-22)16-21-14-3-1-2-4-15(14)26-16/h1-4,9-12H,5-8H2. The second-order valence-electron chi connectivity index (χ2n) is 6.62. The number of hydrogen-bond acceptors (Lipinski definition) is 6. The van der Waals surface area contributed by atoms with Crippen molar-refractivity contribution < 1.29 is 9.21 Å². The van der Waals surface area contributed by atoms with E-state index in [1.807, 2.05) is 24.3 Å². The molecule has 4 heterocycles. The van der Waals surface area contributed by atoms with Gasteiger partial charge in [0.25, 0.3) is 11.5 Å². The molecule has 0 saturated carbocycles. The Hall–Kier alpha value is -3.00. The summed E-state index contributed by atoms with van der Waals surface area (Å²) < 4.78 is 7.29. The minimum atomic E-state index is -0.313. The quantitative estimate of drug-likeness (QED) is 0.534. The van der Waals surface area contributed by atoms with E-state index >= 15 is 0 Å². The molecule has 0 atom stereocenters. The highest BCUT2D eigenvalue weighted by atomic mass is 32.1. The van der Waals surface area contributed by atoms with Crippen molar-refractivity contribution in [2.45, 2.75) is 18.8 Å². The molecule has 1 saturated heterocycles. The van der Waals surface area contributed by atoms with E-state index in [4.69, 9.17) is 4.42 Å². The highest BCUT2D eigenvalue weighted by molar-refractivity contribution is 7.15. The van der Waals surface area contributed by atoms with Crippen molar-refractivity contribution in [2.24, 2.45) is 0 Å². The lowest BCUT2D eigenvalue weighted by Crippen LogP contribution is -2.40. The summed E-state index contributed by atoms with van der Waals surface area (Å²) in [5, 5.41) is 1.78. The van der Waals surface area contributed by atoms with Crippen LogP contribution in [0.4, 0.5) is 0 Å². The van der Waals surface area contributed by atoms with E-state index in [0.29, 0.717) is 18.1 Å². The fourth-order valence-electron chi connectivity index (χ4n) is 3.54. The van der Waals surface area contributed by atoms with Gasteiger partial charge in [-0.25, -0.2) is 9.97 Å². The van der Waals surface area contributed by atoms with Crippen molar-refractivity contribution in [1.29, 1.82) is 0 Å². The second kappa shape index (κ2) is 6.31. The van der Waals surface area contributed by atoms with E-state index in [-0.39, 0.29) is 22.9 Å². The molecular formula is C19H16N4O3S. The van der Waals surface area contributed by atoms with Gasteiger partial charge in [-0.2, -0.15) is 0 Å². The lowest BCUT2D eigenvalue weighted by Gasteiger charge is -2.30. The van der Waals surface area contributed by atoms with Crippen molar-refractivity contribution in [1.82, 2.24) is 19.3 Å². The minimum absolute atomic E-state index is 0.117. The molecule has 1 fully saturated rings. The van der Waals surface area contributed by atoms with Crippen molar-refractivity contribution in [3.63, 3.8) is 0 Å². The molecule has 3 aromatic heterocycles. The molecule has 136 valence electrons. The number of carbonyl (C=O) groups excluding carboxylic acids is 1. The molecule has 0 radical (unpaired) electrons. The predicted octanol–water partition coefficient (Wildman–Crippen LogP) is 2.92. The van der Waals surface area contributed by atoms with E-state index in [2.05, 4.69) is 9.97 Å². The molecule has 1 amide bonds. The molecule has 0 N–H and O–H groups in total. The summed E-state index contributed by atoms with van der Waals surface area (Å²) >= 11 is 1.37. The number of thiazole rings is 1. The number of oxazole rings is 1. The van der Waals surface area contributed by atoms with Crippen molar-refractivity contribution >= 4 is 33.3 Å². The average Bonchev–Trinajstić information content (AvgIpc) is 3.35. The van der Waals surface area contributed by atoms with Gasteiger partial charge < -0.3 is 9.32 Å². The fourth-order valence-corrected chi connectivity index (χ4v) is 4.21. The van der Waals surface area contributed by atoms with Crippen molar-refractivity contribution in [2.75, 3.05) is 13.1 Å². The Bertz CT molecular complexity index is 1170. The number of rotatable bonds is 2. The largest absolute Gasteiger partial charge is 0.440 e. The van der Waals surface area contributed by atoms with E-state index in [1.165, 1.54) is 21.9 Å². The van der Waals surface area contributed by atoms with Gasteiger partial charge in [0, 0.05) is 36.8 Å². The Morgan fingerprint density at radius 2 is 2.04 bits per heavy atom. The van der Waals surface area contributed by atoms with Crippen LogP contribution in [0.2, 0.25) is 0 Å². The van der Waals surface area contributed by atoms with Crippen LogP contribution >= 0.6 is 11.3 Å². The number of likely N-dealkylation sites (tertiary alicyclic amines) is 1. The second-order valence-corrected chi connectivity index (χ2v) is 7.49. The van der Waals surface area contributed by atoms with Crippen LogP contribution in [0.3, 0.4) is 0 Å². The van der Waals surface area contributed by atoms with Crippen LogP contribution in [-0.4, -0.2) is 38.3 Å². The number of hydrogen-bond donors (Lipinski definition) is 0. The third-order valence-electron chi connectivity index (χ3n) is 5.02. The number of para-hydroxylation sites is 2. The Kier molecular flexibility index (Phi) is 3.78. The van der Waals surface area contributed by atoms with Crippen LogP contribution in [0.15, 0.2) is 51.3 Å². The zero-order chi connectivity index (χ0) is 18.4.